The molecule has 0 radical (unpaired) electrons. The highest BCUT2D eigenvalue weighted by Crippen LogP contribution is 2.16. The van der Waals surface area contributed by atoms with Gasteiger partial charge in [-0.25, -0.2) is 0 Å². The number of carbonyl (C=O) groups excluding carboxylic acids is 1. The summed E-state index contributed by atoms with van der Waals surface area (Å²) in [4.78, 5) is 14.6. The molecule has 0 saturated carbocycles. The van der Waals surface area contributed by atoms with Crippen molar-refractivity contribution in [2.24, 2.45) is 5.73 Å². The quantitative estimate of drug-likeness (QED) is 0.839. The Bertz CT molecular complexity index is 572. The lowest BCUT2D eigenvalue weighted by Gasteiger charge is -2.32. The van der Waals surface area contributed by atoms with Crippen LogP contribution in [0.5, 0.6) is 0 Å². The van der Waals surface area contributed by atoms with Crippen LogP contribution < -0.4 is 5.73 Å². The number of aryl methyl sites for hydroxylation is 1. The van der Waals surface area contributed by atoms with Crippen LogP contribution in [0.25, 0.3) is 0 Å². The molecule has 21 heavy (non-hydrogen) atoms. The normalized spacial score (nSPS) is 18.0. The van der Waals surface area contributed by atoms with E-state index in [1.807, 2.05) is 30.0 Å². The SMILES string of the molecule is CCC1CN(C(=O)c2cc(C#CCN)ccc2C)CCO1. The van der Waals surface area contributed by atoms with Gasteiger partial charge in [0.05, 0.1) is 19.3 Å². The van der Waals surface area contributed by atoms with Crippen molar-refractivity contribution in [2.75, 3.05) is 26.2 Å². The fourth-order valence-electron chi connectivity index (χ4n) is 2.40. The molecule has 4 heteroatoms. The molecule has 1 unspecified atom stereocenters. The van der Waals surface area contributed by atoms with Crippen LogP contribution in [0.2, 0.25) is 0 Å². The zero-order chi connectivity index (χ0) is 15.2. The summed E-state index contributed by atoms with van der Waals surface area (Å²) < 4.78 is 5.62. The minimum absolute atomic E-state index is 0.0608. The van der Waals surface area contributed by atoms with Crippen LogP contribution in [-0.4, -0.2) is 43.2 Å². The number of carbonyl (C=O) groups is 1. The molecule has 112 valence electrons. The first-order valence-electron chi connectivity index (χ1n) is 7.36. The predicted octanol–water partition coefficient (Wildman–Crippen LogP) is 1.56. The lowest BCUT2D eigenvalue weighted by Crippen LogP contribution is -2.45. The molecule has 0 aliphatic carbocycles. The van der Waals surface area contributed by atoms with E-state index in [-0.39, 0.29) is 12.0 Å². The van der Waals surface area contributed by atoms with E-state index in [1.54, 1.807) is 0 Å². The number of amides is 1. The molecule has 1 aliphatic heterocycles. The number of ether oxygens (including phenoxy) is 1. The Morgan fingerprint density at radius 3 is 3.05 bits per heavy atom. The number of hydrogen-bond donors (Lipinski definition) is 1. The topological polar surface area (TPSA) is 55.6 Å². The van der Waals surface area contributed by atoms with Gasteiger partial charge in [0, 0.05) is 24.2 Å². The zero-order valence-electron chi connectivity index (χ0n) is 12.7. The molecule has 1 aliphatic rings. The molecule has 1 atom stereocenters. The summed E-state index contributed by atoms with van der Waals surface area (Å²) in [7, 11) is 0. The Morgan fingerprint density at radius 2 is 2.33 bits per heavy atom. The van der Waals surface area contributed by atoms with E-state index in [1.165, 1.54) is 0 Å². The van der Waals surface area contributed by atoms with Crippen LogP contribution >= 0.6 is 0 Å². The average Bonchev–Trinajstić information content (AvgIpc) is 2.53. The number of hydrogen-bond acceptors (Lipinski definition) is 3. The molecule has 2 rings (SSSR count). The first-order valence-corrected chi connectivity index (χ1v) is 7.36. The third kappa shape index (κ3) is 3.84. The first kappa shape index (κ1) is 15.6. The standard InChI is InChI=1S/C17H22N2O2/c1-3-15-12-19(9-10-21-15)17(20)16-11-14(5-4-8-18)7-6-13(16)2/h6-7,11,15H,3,8-10,12,18H2,1-2H3. The van der Waals surface area contributed by atoms with Gasteiger partial charge in [0.15, 0.2) is 0 Å². The summed E-state index contributed by atoms with van der Waals surface area (Å²) in [6.45, 7) is 6.26. The number of morpholine rings is 1. The lowest BCUT2D eigenvalue weighted by molar-refractivity contribution is -0.0226. The molecular weight excluding hydrogens is 264 g/mol. The Labute approximate surface area is 126 Å². The van der Waals surface area contributed by atoms with Crippen molar-refractivity contribution in [1.82, 2.24) is 4.90 Å². The second-order valence-corrected chi connectivity index (χ2v) is 5.19. The van der Waals surface area contributed by atoms with Gasteiger partial charge >= 0.3 is 0 Å². The van der Waals surface area contributed by atoms with Gasteiger partial charge in [-0.15, -0.1) is 0 Å². The van der Waals surface area contributed by atoms with Crippen molar-refractivity contribution in [3.8, 4) is 11.8 Å². The maximum absolute atomic E-state index is 12.7. The molecule has 0 spiro atoms. The molecule has 1 saturated heterocycles. The number of rotatable bonds is 2. The first-order chi connectivity index (χ1) is 10.2. The van der Waals surface area contributed by atoms with Crippen LogP contribution in [0.3, 0.4) is 0 Å². The largest absolute Gasteiger partial charge is 0.375 e. The molecule has 1 aromatic rings. The van der Waals surface area contributed by atoms with Gasteiger partial charge in [-0.1, -0.05) is 24.8 Å². The van der Waals surface area contributed by atoms with Crippen molar-refractivity contribution in [3.05, 3.63) is 34.9 Å². The fraction of sp³-hybridized carbons (Fsp3) is 0.471. The summed E-state index contributed by atoms with van der Waals surface area (Å²) in [6.07, 6.45) is 1.06. The van der Waals surface area contributed by atoms with Crippen molar-refractivity contribution in [2.45, 2.75) is 26.4 Å². The highest BCUT2D eigenvalue weighted by atomic mass is 16.5. The summed E-state index contributed by atoms with van der Waals surface area (Å²) in [5.41, 5.74) is 7.91. The molecule has 1 amide bonds. The molecule has 1 aromatic carbocycles. The minimum atomic E-state index is 0.0608. The summed E-state index contributed by atoms with van der Waals surface area (Å²) in [6, 6.07) is 5.71. The van der Waals surface area contributed by atoms with Crippen molar-refractivity contribution >= 4 is 5.91 Å². The molecule has 1 heterocycles. The average molecular weight is 286 g/mol. The monoisotopic (exact) mass is 286 g/mol. The van der Waals surface area contributed by atoms with E-state index in [4.69, 9.17) is 10.5 Å². The second kappa shape index (κ2) is 7.26. The maximum atomic E-state index is 12.7. The minimum Gasteiger partial charge on any atom is -0.375 e. The van der Waals surface area contributed by atoms with Crippen LogP contribution in [0.1, 0.15) is 34.8 Å². The molecular formula is C17H22N2O2. The van der Waals surface area contributed by atoms with Crippen molar-refractivity contribution in [3.63, 3.8) is 0 Å². The number of nitrogens with zero attached hydrogens (tertiary/aromatic N) is 1. The fourth-order valence-corrected chi connectivity index (χ4v) is 2.40. The van der Waals surface area contributed by atoms with Gasteiger partial charge in [0.25, 0.3) is 5.91 Å². The summed E-state index contributed by atoms with van der Waals surface area (Å²) in [5.74, 6) is 5.86. The van der Waals surface area contributed by atoms with E-state index in [2.05, 4.69) is 18.8 Å². The second-order valence-electron chi connectivity index (χ2n) is 5.19. The Kier molecular flexibility index (Phi) is 5.38. The summed E-state index contributed by atoms with van der Waals surface area (Å²) in [5, 5.41) is 0. The zero-order valence-corrected chi connectivity index (χ0v) is 12.7. The van der Waals surface area contributed by atoms with Crippen LogP contribution in [0.4, 0.5) is 0 Å². The molecule has 0 aromatic heterocycles. The third-order valence-electron chi connectivity index (χ3n) is 3.68. The third-order valence-corrected chi connectivity index (χ3v) is 3.68. The number of benzene rings is 1. The van der Waals surface area contributed by atoms with E-state index in [0.717, 1.165) is 23.1 Å². The van der Waals surface area contributed by atoms with Gasteiger partial charge in [-0.05, 0) is 31.0 Å². The van der Waals surface area contributed by atoms with E-state index in [0.29, 0.717) is 26.2 Å². The van der Waals surface area contributed by atoms with Crippen LogP contribution in [0.15, 0.2) is 18.2 Å². The summed E-state index contributed by atoms with van der Waals surface area (Å²) >= 11 is 0. The van der Waals surface area contributed by atoms with Crippen LogP contribution in [0, 0.1) is 18.8 Å². The van der Waals surface area contributed by atoms with Crippen molar-refractivity contribution < 1.29 is 9.53 Å². The highest BCUT2D eigenvalue weighted by molar-refractivity contribution is 5.96. The van der Waals surface area contributed by atoms with Gasteiger partial charge in [0.2, 0.25) is 0 Å². The smallest absolute Gasteiger partial charge is 0.254 e. The molecule has 2 N–H and O–H groups in total. The maximum Gasteiger partial charge on any atom is 0.254 e. The molecule has 1 fully saturated rings. The van der Waals surface area contributed by atoms with Crippen LogP contribution in [-0.2, 0) is 4.74 Å². The van der Waals surface area contributed by atoms with E-state index < -0.39 is 0 Å². The van der Waals surface area contributed by atoms with Gasteiger partial charge < -0.3 is 15.4 Å². The van der Waals surface area contributed by atoms with Gasteiger partial charge in [0.1, 0.15) is 0 Å². The number of nitrogens with two attached hydrogens (primary N) is 1. The molecule has 0 bridgehead atoms. The predicted molar refractivity (Wildman–Crippen MR) is 83.0 cm³/mol. The highest BCUT2D eigenvalue weighted by Gasteiger charge is 2.24. The Hall–Kier alpha value is -1.83. The van der Waals surface area contributed by atoms with E-state index in [9.17, 15) is 4.79 Å². The Morgan fingerprint density at radius 1 is 1.52 bits per heavy atom. The van der Waals surface area contributed by atoms with Crippen molar-refractivity contribution in [1.29, 1.82) is 0 Å². The Balaban J connectivity index is 2.21. The lowest BCUT2D eigenvalue weighted by atomic mass is 10.0. The van der Waals surface area contributed by atoms with E-state index >= 15 is 0 Å². The van der Waals surface area contributed by atoms with Gasteiger partial charge in [-0.2, -0.15) is 0 Å². The molecule has 4 nitrogen and oxygen atoms in total. The van der Waals surface area contributed by atoms with Gasteiger partial charge in [-0.3, -0.25) is 4.79 Å².